The maximum Gasteiger partial charge on any atom is 0.373 e. The first-order valence-electron chi connectivity index (χ1n) is 5.13. The van der Waals surface area contributed by atoms with Gasteiger partial charge in [-0.1, -0.05) is 0 Å². The summed E-state index contributed by atoms with van der Waals surface area (Å²) in [6.07, 6.45) is 2.00. The molecule has 4 nitrogen and oxygen atoms in total. The summed E-state index contributed by atoms with van der Waals surface area (Å²) in [5.74, 6) is -0.392. The molecule has 1 aliphatic carbocycles. The molecule has 2 aromatic rings. The fraction of sp³-hybridized carbons (Fsp3) is 0.273. The van der Waals surface area contributed by atoms with Crippen LogP contribution in [0.5, 0.6) is 0 Å². The zero-order valence-electron chi connectivity index (χ0n) is 8.64. The monoisotopic (exact) mass is 313 g/mol. The minimum Gasteiger partial charge on any atom is -0.475 e. The minimum atomic E-state index is -1.04. The second-order valence-corrected chi connectivity index (χ2v) is 6.24. The van der Waals surface area contributed by atoms with Gasteiger partial charge in [0, 0.05) is 16.9 Å². The van der Waals surface area contributed by atoms with Gasteiger partial charge in [0.1, 0.15) is 0 Å². The van der Waals surface area contributed by atoms with E-state index in [2.05, 4.69) is 20.9 Å². The Bertz CT molecular complexity index is 585. The fourth-order valence-corrected chi connectivity index (χ4v) is 2.79. The third-order valence-corrected chi connectivity index (χ3v) is 4.13. The Balaban J connectivity index is 2.06. The maximum absolute atomic E-state index is 11.1. The smallest absolute Gasteiger partial charge is 0.373 e. The molecular formula is C11H8BrNO3S. The van der Waals surface area contributed by atoms with Gasteiger partial charge in [-0.2, -0.15) is 0 Å². The summed E-state index contributed by atoms with van der Waals surface area (Å²) >= 11 is 4.87. The predicted octanol–water partition coefficient (Wildman–Crippen LogP) is 3.74. The SMILES string of the molecule is O=C(O)c1oc(-c2csc(Br)c2)nc1C1CC1. The molecule has 0 atom stereocenters. The Kier molecular flexibility index (Phi) is 2.56. The van der Waals surface area contributed by atoms with Crippen molar-refractivity contribution in [2.45, 2.75) is 18.8 Å². The molecule has 1 N–H and O–H groups in total. The summed E-state index contributed by atoms with van der Waals surface area (Å²) in [5, 5.41) is 11.0. The van der Waals surface area contributed by atoms with Crippen molar-refractivity contribution in [3.05, 3.63) is 26.7 Å². The summed E-state index contributed by atoms with van der Waals surface area (Å²) < 4.78 is 6.32. The molecule has 0 radical (unpaired) electrons. The van der Waals surface area contributed by atoms with E-state index in [1.807, 2.05) is 11.4 Å². The quantitative estimate of drug-likeness (QED) is 0.937. The van der Waals surface area contributed by atoms with Crippen molar-refractivity contribution >= 4 is 33.2 Å². The number of hydrogen-bond acceptors (Lipinski definition) is 4. The van der Waals surface area contributed by atoms with Gasteiger partial charge in [0.05, 0.1) is 9.48 Å². The molecule has 1 fully saturated rings. The zero-order valence-corrected chi connectivity index (χ0v) is 11.0. The first-order chi connectivity index (χ1) is 8.15. The van der Waals surface area contributed by atoms with E-state index < -0.39 is 5.97 Å². The molecule has 17 heavy (non-hydrogen) atoms. The number of nitrogens with zero attached hydrogens (tertiary/aromatic N) is 1. The van der Waals surface area contributed by atoms with Crippen molar-refractivity contribution in [3.63, 3.8) is 0 Å². The second-order valence-electron chi connectivity index (χ2n) is 3.95. The molecule has 2 heterocycles. The molecule has 6 heteroatoms. The van der Waals surface area contributed by atoms with E-state index in [1.54, 1.807) is 0 Å². The number of rotatable bonds is 3. The van der Waals surface area contributed by atoms with E-state index in [1.165, 1.54) is 11.3 Å². The third-order valence-electron chi connectivity index (χ3n) is 2.63. The van der Waals surface area contributed by atoms with Crippen molar-refractivity contribution in [2.75, 3.05) is 0 Å². The van der Waals surface area contributed by atoms with Gasteiger partial charge in [-0.15, -0.1) is 11.3 Å². The van der Waals surface area contributed by atoms with Crippen molar-refractivity contribution in [2.24, 2.45) is 0 Å². The molecule has 0 unspecified atom stereocenters. The number of carbonyl (C=O) groups is 1. The van der Waals surface area contributed by atoms with E-state index in [9.17, 15) is 4.79 Å². The van der Waals surface area contributed by atoms with Gasteiger partial charge < -0.3 is 9.52 Å². The standard InChI is InChI=1S/C11H8BrNO3S/c12-7-3-6(4-17-7)10-13-8(5-1-2-5)9(16-10)11(14)15/h3-5H,1-2H2,(H,14,15). The lowest BCUT2D eigenvalue weighted by Gasteiger charge is -1.89. The van der Waals surface area contributed by atoms with Crippen molar-refractivity contribution in [1.82, 2.24) is 4.98 Å². The number of thiophene rings is 1. The molecule has 0 aliphatic heterocycles. The number of aromatic carboxylic acids is 1. The Labute approximate surface area is 109 Å². The molecule has 88 valence electrons. The van der Waals surface area contributed by atoms with Gasteiger partial charge in [0.15, 0.2) is 0 Å². The van der Waals surface area contributed by atoms with Crippen LogP contribution in [-0.4, -0.2) is 16.1 Å². The highest BCUT2D eigenvalue weighted by Gasteiger charge is 2.33. The molecular weight excluding hydrogens is 306 g/mol. The molecule has 1 saturated carbocycles. The number of oxazole rings is 1. The third kappa shape index (κ3) is 2.02. The number of aromatic nitrogens is 1. The molecule has 0 amide bonds. The molecule has 2 aromatic heterocycles. The Morgan fingerprint density at radius 3 is 2.88 bits per heavy atom. The lowest BCUT2D eigenvalue weighted by Crippen LogP contribution is -1.98. The first kappa shape index (κ1) is 11.0. The van der Waals surface area contributed by atoms with E-state index in [4.69, 9.17) is 9.52 Å². The number of hydrogen-bond donors (Lipinski definition) is 1. The van der Waals surface area contributed by atoms with E-state index in [-0.39, 0.29) is 11.7 Å². The van der Waals surface area contributed by atoms with Gasteiger partial charge in [-0.25, -0.2) is 9.78 Å². The van der Waals surface area contributed by atoms with Crippen LogP contribution in [0, 0.1) is 0 Å². The second kappa shape index (κ2) is 3.96. The highest BCUT2D eigenvalue weighted by atomic mass is 79.9. The van der Waals surface area contributed by atoms with Gasteiger partial charge >= 0.3 is 5.97 Å². The summed E-state index contributed by atoms with van der Waals surface area (Å²) in [4.78, 5) is 15.4. The van der Waals surface area contributed by atoms with Gasteiger partial charge in [-0.05, 0) is 34.8 Å². The lowest BCUT2D eigenvalue weighted by atomic mass is 10.2. The zero-order chi connectivity index (χ0) is 12.0. The van der Waals surface area contributed by atoms with Crippen LogP contribution in [0.4, 0.5) is 0 Å². The Hall–Kier alpha value is -1.14. The highest BCUT2D eigenvalue weighted by Crippen LogP contribution is 2.42. The first-order valence-corrected chi connectivity index (χ1v) is 6.81. The Morgan fingerprint density at radius 1 is 1.59 bits per heavy atom. The number of carboxylic acids is 1. The van der Waals surface area contributed by atoms with E-state index in [0.29, 0.717) is 11.6 Å². The molecule has 0 bridgehead atoms. The Morgan fingerprint density at radius 2 is 2.35 bits per heavy atom. The van der Waals surface area contributed by atoms with Crippen LogP contribution in [0.3, 0.4) is 0 Å². The van der Waals surface area contributed by atoms with Gasteiger partial charge in [0.2, 0.25) is 11.7 Å². The van der Waals surface area contributed by atoms with Crippen molar-refractivity contribution in [1.29, 1.82) is 0 Å². The summed E-state index contributed by atoms with van der Waals surface area (Å²) in [5.41, 5.74) is 1.41. The minimum absolute atomic E-state index is 0.00942. The van der Waals surface area contributed by atoms with Crippen molar-refractivity contribution < 1.29 is 14.3 Å². The van der Waals surface area contributed by atoms with Crippen LogP contribution in [0.2, 0.25) is 0 Å². The fourth-order valence-electron chi connectivity index (χ4n) is 1.66. The predicted molar refractivity (Wildman–Crippen MR) is 66.5 cm³/mol. The maximum atomic E-state index is 11.1. The molecule has 0 spiro atoms. The van der Waals surface area contributed by atoms with Crippen molar-refractivity contribution in [3.8, 4) is 11.5 Å². The lowest BCUT2D eigenvalue weighted by molar-refractivity contribution is 0.0661. The average Bonchev–Trinajstić information content (AvgIpc) is 2.87. The van der Waals surface area contributed by atoms with Crippen LogP contribution >= 0.6 is 27.3 Å². The van der Waals surface area contributed by atoms with E-state index >= 15 is 0 Å². The van der Waals surface area contributed by atoms with Gasteiger partial charge in [-0.3, -0.25) is 0 Å². The number of carboxylic acid groups (broad SMARTS) is 1. The van der Waals surface area contributed by atoms with Crippen LogP contribution in [-0.2, 0) is 0 Å². The normalized spacial score (nSPS) is 15.1. The van der Waals surface area contributed by atoms with E-state index in [0.717, 1.165) is 22.2 Å². The average molecular weight is 314 g/mol. The van der Waals surface area contributed by atoms with Gasteiger partial charge in [0.25, 0.3) is 0 Å². The van der Waals surface area contributed by atoms with Crippen LogP contribution in [0.25, 0.3) is 11.5 Å². The molecule has 0 aromatic carbocycles. The summed E-state index contributed by atoms with van der Waals surface area (Å²) in [6.45, 7) is 0. The van der Waals surface area contributed by atoms with Crippen LogP contribution < -0.4 is 0 Å². The summed E-state index contributed by atoms with van der Waals surface area (Å²) in [6, 6.07) is 1.87. The molecule has 0 saturated heterocycles. The topological polar surface area (TPSA) is 63.3 Å². The largest absolute Gasteiger partial charge is 0.475 e. The highest BCUT2D eigenvalue weighted by molar-refractivity contribution is 9.11. The number of halogens is 1. The van der Waals surface area contributed by atoms with Crippen LogP contribution in [0.1, 0.15) is 35.0 Å². The molecule has 3 rings (SSSR count). The van der Waals surface area contributed by atoms with Crippen LogP contribution in [0.15, 0.2) is 19.6 Å². The molecule has 1 aliphatic rings. The summed E-state index contributed by atoms with van der Waals surface area (Å²) in [7, 11) is 0.